The van der Waals surface area contributed by atoms with Crippen LogP contribution in [-0.2, 0) is 0 Å². The molecule has 1 amide bonds. The van der Waals surface area contributed by atoms with E-state index in [1.165, 1.54) is 11.3 Å². The Hall–Kier alpha value is -1.68. The maximum Gasteiger partial charge on any atom is 0.249 e. The predicted octanol–water partition coefficient (Wildman–Crippen LogP) is 2.53. The largest absolute Gasteiger partial charge is 0.366 e. The minimum atomic E-state index is -0.411. The Bertz CT molecular complexity index is 546. The maximum absolute atomic E-state index is 11.4. The number of amides is 1. The quantitative estimate of drug-likeness (QED) is 0.865. The number of rotatable bonds is 2. The fourth-order valence-corrected chi connectivity index (χ4v) is 2.55. The molecule has 1 aromatic heterocycles. The molecule has 0 spiro atoms. The van der Waals surface area contributed by atoms with Crippen LogP contribution in [0.2, 0.25) is 0 Å². The van der Waals surface area contributed by atoms with Crippen molar-refractivity contribution in [2.75, 3.05) is 0 Å². The molecule has 0 aliphatic rings. The van der Waals surface area contributed by atoms with Crippen LogP contribution in [0.3, 0.4) is 0 Å². The van der Waals surface area contributed by atoms with Crippen LogP contribution >= 0.6 is 11.3 Å². The summed E-state index contributed by atoms with van der Waals surface area (Å²) in [5.41, 5.74) is 8.73. The van der Waals surface area contributed by atoms with Gasteiger partial charge in [-0.15, -0.1) is 11.3 Å². The van der Waals surface area contributed by atoms with E-state index in [9.17, 15) is 4.79 Å². The molecule has 0 unspecified atom stereocenters. The average Bonchev–Trinajstić information content (AvgIpc) is 2.64. The number of carbonyl (C=O) groups excluding carboxylic acids is 1. The molecule has 2 rings (SSSR count). The third kappa shape index (κ3) is 1.84. The summed E-state index contributed by atoms with van der Waals surface area (Å²) in [7, 11) is 0. The molecule has 1 heterocycles. The fraction of sp³-hybridized carbons (Fsp3) is 0.167. The van der Waals surface area contributed by atoms with Gasteiger partial charge in [-0.3, -0.25) is 4.79 Å². The molecule has 1 aromatic carbocycles. The van der Waals surface area contributed by atoms with Crippen LogP contribution in [0.25, 0.3) is 10.6 Å². The number of benzene rings is 1. The van der Waals surface area contributed by atoms with Gasteiger partial charge in [0.25, 0.3) is 0 Å². The highest BCUT2D eigenvalue weighted by molar-refractivity contribution is 7.13. The van der Waals surface area contributed by atoms with Gasteiger partial charge in [0.15, 0.2) is 0 Å². The van der Waals surface area contributed by atoms with Gasteiger partial charge in [-0.2, -0.15) is 0 Å². The highest BCUT2D eigenvalue weighted by Gasteiger charge is 2.14. The van der Waals surface area contributed by atoms with Crippen LogP contribution in [0.1, 0.15) is 21.6 Å². The van der Waals surface area contributed by atoms with Gasteiger partial charge >= 0.3 is 0 Å². The molecule has 3 nitrogen and oxygen atoms in total. The summed E-state index contributed by atoms with van der Waals surface area (Å²) in [5.74, 6) is -0.411. The molecular formula is C12H12N2OS. The molecule has 0 fully saturated rings. The summed E-state index contributed by atoms with van der Waals surface area (Å²) in [4.78, 5) is 15.7. The Morgan fingerprint density at radius 1 is 1.38 bits per heavy atom. The van der Waals surface area contributed by atoms with Gasteiger partial charge in [-0.25, -0.2) is 4.98 Å². The van der Waals surface area contributed by atoms with Gasteiger partial charge in [-0.1, -0.05) is 12.1 Å². The summed E-state index contributed by atoms with van der Waals surface area (Å²) in [6.45, 7) is 3.89. The van der Waals surface area contributed by atoms with E-state index in [1.54, 1.807) is 6.07 Å². The van der Waals surface area contributed by atoms with Crippen molar-refractivity contribution in [3.63, 3.8) is 0 Å². The zero-order valence-electron chi connectivity index (χ0n) is 9.15. The number of thiazole rings is 1. The first kappa shape index (κ1) is 10.8. The van der Waals surface area contributed by atoms with Gasteiger partial charge in [0.2, 0.25) is 5.91 Å². The van der Waals surface area contributed by atoms with E-state index in [0.29, 0.717) is 5.56 Å². The molecule has 0 aliphatic carbocycles. The normalized spacial score (nSPS) is 10.4. The van der Waals surface area contributed by atoms with E-state index in [-0.39, 0.29) is 0 Å². The number of nitrogens with two attached hydrogens (primary N) is 1. The Morgan fingerprint density at radius 2 is 2.12 bits per heavy atom. The van der Waals surface area contributed by atoms with Crippen molar-refractivity contribution >= 4 is 17.2 Å². The van der Waals surface area contributed by atoms with E-state index in [2.05, 4.69) is 4.98 Å². The second kappa shape index (κ2) is 4.06. The molecule has 2 N–H and O–H groups in total. The van der Waals surface area contributed by atoms with E-state index in [0.717, 1.165) is 21.8 Å². The van der Waals surface area contributed by atoms with E-state index >= 15 is 0 Å². The van der Waals surface area contributed by atoms with Crippen LogP contribution in [0.4, 0.5) is 0 Å². The van der Waals surface area contributed by atoms with Crippen molar-refractivity contribution in [1.29, 1.82) is 0 Å². The first-order valence-electron chi connectivity index (χ1n) is 4.91. The maximum atomic E-state index is 11.4. The standard InChI is InChI=1S/C12H12N2OS/c1-7-4-3-5-9(11(13)15)10(7)12-14-8(2)6-16-12/h3-6H,1-2H3,(H2,13,15). The van der Waals surface area contributed by atoms with E-state index in [1.807, 2.05) is 31.4 Å². The predicted molar refractivity (Wildman–Crippen MR) is 65.5 cm³/mol. The molecule has 0 radical (unpaired) electrons. The van der Waals surface area contributed by atoms with Crippen molar-refractivity contribution < 1.29 is 4.79 Å². The van der Waals surface area contributed by atoms with Gasteiger partial charge in [0.1, 0.15) is 5.01 Å². The van der Waals surface area contributed by atoms with Crippen molar-refractivity contribution in [2.24, 2.45) is 5.73 Å². The van der Waals surface area contributed by atoms with Crippen LogP contribution in [0.5, 0.6) is 0 Å². The monoisotopic (exact) mass is 232 g/mol. The minimum Gasteiger partial charge on any atom is -0.366 e. The molecular weight excluding hydrogens is 220 g/mol. The summed E-state index contributed by atoms with van der Waals surface area (Å²) in [6, 6.07) is 5.53. The lowest BCUT2D eigenvalue weighted by Crippen LogP contribution is -2.12. The van der Waals surface area contributed by atoms with E-state index < -0.39 is 5.91 Å². The van der Waals surface area contributed by atoms with Crippen molar-refractivity contribution in [3.8, 4) is 10.6 Å². The molecule has 0 saturated heterocycles. The third-order valence-corrected chi connectivity index (χ3v) is 3.35. The lowest BCUT2D eigenvalue weighted by molar-refractivity contribution is 0.100. The second-order valence-electron chi connectivity index (χ2n) is 3.66. The lowest BCUT2D eigenvalue weighted by atomic mass is 10.0. The van der Waals surface area contributed by atoms with Crippen LogP contribution in [0.15, 0.2) is 23.6 Å². The first-order valence-corrected chi connectivity index (χ1v) is 5.79. The Balaban J connectivity index is 2.67. The van der Waals surface area contributed by atoms with Crippen molar-refractivity contribution in [3.05, 3.63) is 40.4 Å². The van der Waals surface area contributed by atoms with Crippen LogP contribution < -0.4 is 5.73 Å². The number of primary amides is 1. The fourth-order valence-electron chi connectivity index (χ4n) is 1.63. The van der Waals surface area contributed by atoms with Gasteiger partial charge in [0.05, 0.1) is 0 Å². The van der Waals surface area contributed by atoms with Crippen LogP contribution in [-0.4, -0.2) is 10.9 Å². The number of aryl methyl sites for hydroxylation is 2. The smallest absolute Gasteiger partial charge is 0.249 e. The second-order valence-corrected chi connectivity index (χ2v) is 4.51. The summed E-state index contributed by atoms with van der Waals surface area (Å²) in [5, 5.41) is 2.82. The van der Waals surface area contributed by atoms with Crippen LogP contribution in [0, 0.1) is 13.8 Å². The molecule has 82 valence electrons. The summed E-state index contributed by atoms with van der Waals surface area (Å²) >= 11 is 1.53. The number of aromatic nitrogens is 1. The zero-order chi connectivity index (χ0) is 11.7. The molecule has 0 aliphatic heterocycles. The molecule has 0 atom stereocenters. The van der Waals surface area contributed by atoms with Gasteiger partial charge < -0.3 is 5.73 Å². The van der Waals surface area contributed by atoms with Crippen molar-refractivity contribution in [1.82, 2.24) is 4.98 Å². The lowest BCUT2D eigenvalue weighted by Gasteiger charge is -2.06. The molecule has 16 heavy (non-hydrogen) atoms. The Labute approximate surface area is 97.9 Å². The highest BCUT2D eigenvalue weighted by atomic mass is 32.1. The number of nitrogens with zero attached hydrogens (tertiary/aromatic N) is 1. The van der Waals surface area contributed by atoms with Gasteiger partial charge in [0, 0.05) is 22.2 Å². The molecule has 2 aromatic rings. The SMILES string of the molecule is Cc1csc(-c2c(C)cccc2C(N)=O)n1. The number of hydrogen-bond acceptors (Lipinski definition) is 3. The third-order valence-electron chi connectivity index (χ3n) is 2.37. The Kier molecular flexibility index (Phi) is 2.75. The van der Waals surface area contributed by atoms with E-state index in [4.69, 9.17) is 5.73 Å². The summed E-state index contributed by atoms with van der Waals surface area (Å²) < 4.78 is 0. The Morgan fingerprint density at radius 3 is 2.69 bits per heavy atom. The average molecular weight is 232 g/mol. The molecule has 0 saturated carbocycles. The summed E-state index contributed by atoms with van der Waals surface area (Å²) in [6.07, 6.45) is 0. The van der Waals surface area contributed by atoms with Gasteiger partial charge in [-0.05, 0) is 25.5 Å². The molecule has 4 heteroatoms. The first-order chi connectivity index (χ1) is 7.59. The minimum absolute atomic E-state index is 0.411. The zero-order valence-corrected chi connectivity index (χ0v) is 9.97. The molecule has 0 bridgehead atoms. The number of hydrogen-bond donors (Lipinski definition) is 1. The van der Waals surface area contributed by atoms with Crippen molar-refractivity contribution in [2.45, 2.75) is 13.8 Å². The highest BCUT2D eigenvalue weighted by Crippen LogP contribution is 2.29. The number of carbonyl (C=O) groups is 1. The topological polar surface area (TPSA) is 56.0 Å².